The van der Waals surface area contributed by atoms with E-state index in [1.807, 2.05) is 0 Å². The third kappa shape index (κ3) is 6.51. The number of aliphatic hydroxyl groups excluding tert-OH is 8. The van der Waals surface area contributed by atoms with E-state index in [1.165, 1.54) is 0 Å². The number of hydrogen-bond donors (Lipinski definition) is 8. The second kappa shape index (κ2) is 12.5. The van der Waals surface area contributed by atoms with E-state index in [1.54, 1.807) is 0 Å². The van der Waals surface area contributed by atoms with Crippen LogP contribution < -0.4 is 0 Å². The zero-order chi connectivity index (χ0) is 22.3. The molecule has 0 aliphatic carbocycles. The van der Waals surface area contributed by atoms with Crippen molar-refractivity contribution in [2.45, 2.75) is 87.1 Å². The Labute approximate surface area is 174 Å². The summed E-state index contributed by atoms with van der Waals surface area (Å²) < 4.78 is 21.3. The molecule has 8 N–H and O–H groups in total. The van der Waals surface area contributed by atoms with Gasteiger partial charge in [0.25, 0.3) is 0 Å². The number of aliphatic hydroxyl groups is 8. The lowest BCUT2D eigenvalue weighted by Crippen LogP contribution is -2.59. The Balaban J connectivity index is 1.57. The lowest BCUT2D eigenvalue weighted by atomic mass is 9.99. The van der Waals surface area contributed by atoms with Crippen LogP contribution in [0.2, 0.25) is 0 Å². The van der Waals surface area contributed by atoms with Gasteiger partial charge in [0.05, 0.1) is 13.2 Å². The van der Waals surface area contributed by atoms with Crippen LogP contribution in [-0.2, 0) is 18.9 Å². The van der Waals surface area contributed by atoms with Gasteiger partial charge in [0.2, 0.25) is 0 Å². The Kier molecular flexibility index (Phi) is 10.8. The Morgan fingerprint density at radius 3 is 1.20 bits per heavy atom. The van der Waals surface area contributed by atoms with Crippen LogP contribution in [0, 0.1) is 0 Å². The minimum Gasteiger partial charge on any atom is -0.394 e. The molecule has 2 saturated heterocycles. The molecule has 178 valence electrons. The molecule has 0 spiro atoms. The van der Waals surface area contributed by atoms with Crippen LogP contribution in [0.1, 0.15) is 25.7 Å². The molecule has 12 heteroatoms. The first-order chi connectivity index (χ1) is 14.3. The summed E-state index contributed by atoms with van der Waals surface area (Å²) in [5, 5.41) is 76.8. The van der Waals surface area contributed by atoms with Crippen LogP contribution in [0.4, 0.5) is 0 Å². The van der Waals surface area contributed by atoms with Gasteiger partial charge in [-0.25, -0.2) is 0 Å². The van der Waals surface area contributed by atoms with Gasteiger partial charge in [0, 0.05) is 13.2 Å². The zero-order valence-electron chi connectivity index (χ0n) is 16.6. The van der Waals surface area contributed by atoms with E-state index in [0.29, 0.717) is 12.8 Å². The molecule has 2 heterocycles. The molecule has 4 unspecified atom stereocenters. The minimum atomic E-state index is -1.47. The van der Waals surface area contributed by atoms with Crippen molar-refractivity contribution >= 4 is 0 Å². The van der Waals surface area contributed by atoms with Crippen molar-refractivity contribution in [2.75, 3.05) is 26.4 Å². The van der Waals surface area contributed by atoms with Crippen LogP contribution >= 0.6 is 0 Å². The summed E-state index contributed by atoms with van der Waals surface area (Å²) in [4.78, 5) is 0. The highest BCUT2D eigenvalue weighted by atomic mass is 16.7. The standard InChI is InChI=1S/C18H34O12/c19-7-9-11(21)13(23)15(25)17(29-9)27-5-3-1-2-4-6-28-18-16(26)14(24)12(22)10(8-20)30-18/h9-26H,1-8H2/t9?,10?,11-,12+,13-,14+,15?,16?,17+,18-. The van der Waals surface area contributed by atoms with Crippen LogP contribution in [-0.4, -0.2) is 129 Å². The first kappa shape index (κ1) is 25.8. The Morgan fingerprint density at radius 2 is 0.867 bits per heavy atom. The van der Waals surface area contributed by atoms with E-state index in [0.717, 1.165) is 12.8 Å². The largest absolute Gasteiger partial charge is 0.394 e. The molecule has 0 bridgehead atoms. The molecule has 2 rings (SSSR count). The molecule has 2 fully saturated rings. The van der Waals surface area contributed by atoms with Crippen molar-refractivity contribution in [1.29, 1.82) is 0 Å². The van der Waals surface area contributed by atoms with Gasteiger partial charge in [-0.15, -0.1) is 0 Å². The predicted octanol–water partition coefficient (Wildman–Crippen LogP) is -3.82. The third-order valence-corrected chi connectivity index (χ3v) is 5.30. The summed E-state index contributed by atoms with van der Waals surface area (Å²) >= 11 is 0. The number of hydrogen-bond acceptors (Lipinski definition) is 12. The number of unbranched alkanes of at least 4 members (excludes halogenated alkanes) is 3. The number of rotatable bonds is 11. The first-order valence-electron chi connectivity index (χ1n) is 10.2. The molecule has 0 aromatic heterocycles. The Bertz CT molecular complexity index is 436. The fraction of sp³-hybridized carbons (Fsp3) is 1.00. The Morgan fingerprint density at radius 1 is 0.500 bits per heavy atom. The SMILES string of the molecule is OCC1O[C@H](OCCCCCCO[C@@H]2OC(CO)[C@H](O)[C@H](O)C2O)C(O)[C@H](O)[C@@H]1O. The summed E-state index contributed by atoms with van der Waals surface area (Å²) in [5.41, 5.74) is 0. The van der Waals surface area contributed by atoms with Gasteiger partial charge < -0.3 is 59.8 Å². The second-order valence-corrected chi connectivity index (χ2v) is 7.55. The molecule has 30 heavy (non-hydrogen) atoms. The van der Waals surface area contributed by atoms with E-state index in [2.05, 4.69) is 0 Å². The van der Waals surface area contributed by atoms with Crippen molar-refractivity contribution in [3.05, 3.63) is 0 Å². The molecular formula is C18H34O12. The lowest BCUT2D eigenvalue weighted by Gasteiger charge is -2.39. The molecule has 10 atom stereocenters. The highest BCUT2D eigenvalue weighted by Gasteiger charge is 2.44. The lowest BCUT2D eigenvalue weighted by molar-refractivity contribution is -0.301. The Hall–Kier alpha value is -0.480. The van der Waals surface area contributed by atoms with Crippen LogP contribution in [0.25, 0.3) is 0 Å². The third-order valence-electron chi connectivity index (χ3n) is 5.30. The number of ether oxygens (including phenoxy) is 4. The summed E-state index contributed by atoms with van der Waals surface area (Å²) in [6.45, 7) is -0.564. The van der Waals surface area contributed by atoms with E-state index in [4.69, 9.17) is 29.2 Å². The fourth-order valence-corrected chi connectivity index (χ4v) is 3.37. The minimum absolute atomic E-state index is 0.232. The smallest absolute Gasteiger partial charge is 0.186 e. The maximum atomic E-state index is 9.87. The van der Waals surface area contributed by atoms with E-state index in [9.17, 15) is 30.6 Å². The maximum absolute atomic E-state index is 9.87. The van der Waals surface area contributed by atoms with E-state index < -0.39 is 74.6 Å². The summed E-state index contributed by atoms with van der Waals surface area (Å²) in [5.74, 6) is 0. The first-order valence-corrected chi connectivity index (χ1v) is 10.2. The second-order valence-electron chi connectivity index (χ2n) is 7.55. The topological polar surface area (TPSA) is 199 Å². The summed E-state index contributed by atoms with van der Waals surface area (Å²) in [6, 6.07) is 0. The molecule has 0 amide bonds. The molecule has 0 radical (unpaired) electrons. The van der Waals surface area contributed by atoms with Crippen molar-refractivity contribution in [1.82, 2.24) is 0 Å². The summed E-state index contributed by atoms with van der Waals surface area (Å²) in [7, 11) is 0. The normalized spacial score (nSPS) is 42.4. The molecule has 0 saturated carbocycles. The van der Waals surface area contributed by atoms with Crippen molar-refractivity contribution in [2.24, 2.45) is 0 Å². The molecule has 2 aliphatic heterocycles. The fourth-order valence-electron chi connectivity index (χ4n) is 3.37. The van der Waals surface area contributed by atoms with Gasteiger partial charge in [-0.3, -0.25) is 0 Å². The van der Waals surface area contributed by atoms with Crippen LogP contribution in [0.5, 0.6) is 0 Å². The average molecular weight is 442 g/mol. The van der Waals surface area contributed by atoms with Gasteiger partial charge >= 0.3 is 0 Å². The molecule has 0 aromatic carbocycles. The van der Waals surface area contributed by atoms with E-state index in [-0.39, 0.29) is 13.2 Å². The molecule has 2 aliphatic rings. The highest BCUT2D eigenvalue weighted by molar-refractivity contribution is 4.89. The molecular weight excluding hydrogens is 408 g/mol. The average Bonchev–Trinajstić information content (AvgIpc) is 2.75. The molecule has 0 aromatic rings. The quantitative estimate of drug-likeness (QED) is 0.145. The molecule has 12 nitrogen and oxygen atoms in total. The monoisotopic (exact) mass is 442 g/mol. The zero-order valence-corrected chi connectivity index (χ0v) is 16.6. The van der Waals surface area contributed by atoms with Crippen LogP contribution in [0.15, 0.2) is 0 Å². The van der Waals surface area contributed by atoms with Gasteiger partial charge in [-0.05, 0) is 12.8 Å². The summed E-state index contributed by atoms with van der Waals surface area (Å²) in [6.07, 6.45) is -10.2. The van der Waals surface area contributed by atoms with Gasteiger partial charge in [0.15, 0.2) is 12.6 Å². The van der Waals surface area contributed by atoms with Crippen molar-refractivity contribution in [3.63, 3.8) is 0 Å². The van der Waals surface area contributed by atoms with Crippen molar-refractivity contribution in [3.8, 4) is 0 Å². The van der Waals surface area contributed by atoms with Crippen molar-refractivity contribution < 1.29 is 59.8 Å². The highest BCUT2D eigenvalue weighted by Crippen LogP contribution is 2.23. The van der Waals surface area contributed by atoms with Gasteiger partial charge in [-0.1, -0.05) is 12.8 Å². The van der Waals surface area contributed by atoms with Gasteiger partial charge in [0.1, 0.15) is 48.8 Å². The van der Waals surface area contributed by atoms with E-state index >= 15 is 0 Å². The predicted molar refractivity (Wildman–Crippen MR) is 97.9 cm³/mol. The maximum Gasteiger partial charge on any atom is 0.186 e. The van der Waals surface area contributed by atoms with Gasteiger partial charge in [-0.2, -0.15) is 0 Å². The van der Waals surface area contributed by atoms with Crippen LogP contribution in [0.3, 0.4) is 0 Å².